The van der Waals surface area contributed by atoms with E-state index in [2.05, 4.69) is 33.2 Å². The predicted molar refractivity (Wildman–Crippen MR) is 62.1 cm³/mol. The summed E-state index contributed by atoms with van der Waals surface area (Å²) in [5.74, 6) is 1.57. The van der Waals surface area contributed by atoms with E-state index >= 15 is 0 Å². The van der Waals surface area contributed by atoms with E-state index in [-0.39, 0.29) is 5.91 Å². The molecule has 0 aromatic carbocycles. The molecule has 86 valence electrons. The van der Waals surface area contributed by atoms with Crippen LogP contribution in [0.25, 0.3) is 0 Å². The quantitative estimate of drug-likeness (QED) is 0.891. The number of halogens is 1. The molecule has 2 unspecified atom stereocenters. The van der Waals surface area contributed by atoms with Crippen molar-refractivity contribution < 1.29 is 9.21 Å². The lowest BCUT2D eigenvalue weighted by molar-refractivity contribution is 0.0915. The first-order chi connectivity index (χ1) is 7.65. The molecule has 1 aromatic heterocycles. The molecule has 1 aliphatic heterocycles. The molecule has 2 heterocycles. The van der Waals surface area contributed by atoms with Crippen LogP contribution in [0.1, 0.15) is 10.6 Å². The van der Waals surface area contributed by atoms with Crippen molar-refractivity contribution in [3.63, 3.8) is 0 Å². The summed E-state index contributed by atoms with van der Waals surface area (Å²) < 4.78 is 5.80. The number of likely N-dealkylation sites (tertiary alicyclic amines) is 1. The normalized spacial score (nSPS) is 32.5. The summed E-state index contributed by atoms with van der Waals surface area (Å²) >= 11 is 3.19. The van der Waals surface area contributed by atoms with Crippen molar-refractivity contribution in [1.82, 2.24) is 10.2 Å². The molecule has 2 fully saturated rings. The van der Waals surface area contributed by atoms with Crippen LogP contribution in [-0.4, -0.2) is 37.0 Å². The number of amides is 1. The van der Waals surface area contributed by atoms with Gasteiger partial charge in [-0.2, -0.15) is 0 Å². The smallest absolute Gasteiger partial charge is 0.287 e. The van der Waals surface area contributed by atoms with Crippen LogP contribution < -0.4 is 5.32 Å². The van der Waals surface area contributed by atoms with E-state index < -0.39 is 0 Å². The van der Waals surface area contributed by atoms with Crippen LogP contribution in [0.5, 0.6) is 0 Å². The number of fused-ring (bicyclic) bond motifs is 1. The van der Waals surface area contributed by atoms with Gasteiger partial charge in [0.2, 0.25) is 0 Å². The Kier molecular flexibility index (Phi) is 2.33. The van der Waals surface area contributed by atoms with Crippen molar-refractivity contribution in [2.24, 2.45) is 11.8 Å². The Balaban J connectivity index is 1.59. The monoisotopic (exact) mass is 284 g/mol. The van der Waals surface area contributed by atoms with Crippen molar-refractivity contribution in [1.29, 1.82) is 0 Å². The molecule has 0 spiro atoms. The third-order valence-corrected chi connectivity index (χ3v) is 3.90. The second kappa shape index (κ2) is 3.60. The Morgan fingerprint density at radius 2 is 2.19 bits per heavy atom. The molecule has 2 atom stereocenters. The maximum absolute atomic E-state index is 11.8. The highest BCUT2D eigenvalue weighted by molar-refractivity contribution is 9.10. The molecule has 1 N–H and O–H groups in total. The van der Waals surface area contributed by atoms with Crippen molar-refractivity contribution in [3.8, 4) is 0 Å². The van der Waals surface area contributed by atoms with E-state index in [1.807, 2.05) is 0 Å². The van der Waals surface area contributed by atoms with Crippen LogP contribution in [-0.2, 0) is 0 Å². The molecule has 1 saturated carbocycles. The minimum atomic E-state index is -0.104. The van der Waals surface area contributed by atoms with Gasteiger partial charge in [0.15, 0.2) is 10.4 Å². The number of furan rings is 1. The zero-order valence-electron chi connectivity index (χ0n) is 8.94. The Labute approximate surface area is 102 Å². The molecule has 1 saturated heterocycles. The highest BCUT2D eigenvalue weighted by Gasteiger charge is 2.55. The van der Waals surface area contributed by atoms with Crippen LogP contribution in [0.15, 0.2) is 21.2 Å². The molecule has 1 aliphatic carbocycles. The molecule has 0 bridgehead atoms. The van der Waals surface area contributed by atoms with Gasteiger partial charge in [-0.3, -0.25) is 4.79 Å². The number of piperidine rings is 1. The Bertz CT molecular complexity index is 419. The largest absolute Gasteiger partial charge is 0.444 e. The molecular weight excluding hydrogens is 272 g/mol. The zero-order valence-corrected chi connectivity index (χ0v) is 10.5. The number of hydrogen-bond donors (Lipinski definition) is 1. The summed E-state index contributed by atoms with van der Waals surface area (Å²) in [5.41, 5.74) is 0. The van der Waals surface area contributed by atoms with Gasteiger partial charge in [-0.1, -0.05) is 0 Å². The fraction of sp³-hybridized carbons (Fsp3) is 0.545. The van der Waals surface area contributed by atoms with E-state index in [9.17, 15) is 4.79 Å². The number of hydrogen-bond acceptors (Lipinski definition) is 3. The molecule has 1 aromatic rings. The highest BCUT2D eigenvalue weighted by Crippen LogP contribution is 2.44. The second-order valence-corrected chi connectivity index (χ2v) is 5.43. The van der Waals surface area contributed by atoms with E-state index in [1.54, 1.807) is 12.1 Å². The summed E-state index contributed by atoms with van der Waals surface area (Å²) in [6.45, 7) is 2.19. The Morgan fingerprint density at radius 1 is 1.50 bits per heavy atom. The average molecular weight is 285 g/mol. The molecule has 0 radical (unpaired) electrons. The minimum absolute atomic E-state index is 0.104. The van der Waals surface area contributed by atoms with Crippen LogP contribution in [0, 0.1) is 11.8 Å². The van der Waals surface area contributed by atoms with Crippen LogP contribution in [0.3, 0.4) is 0 Å². The topological polar surface area (TPSA) is 45.5 Å². The predicted octanol–water partition coefficient (Wildman–Crippen LogP) is 1.33. The number of rotatable bonds is 2. The zero-order chi connectivity index (χ0) is 11.3. The van der Waals surface area contributed by atoms with Gasteiger partial charge in [-0.15, -0.1) is 0 Å². The first-order valence-electron chi connectivity index (χ1n) is 5.40. The van der Waals surface area contributed by atoms with Crippen LogP contribution in [0.4, 0.5) is 0 Å². The Hall–Kier alpha value is -0.810. The number of nitrogens with zero attached hydrogens (tertiary/aromatic N) is 1. The maximum Gasteiger partial charge on any atom is 0.287 e. The third kappa shape index (κ3) is 1.68. The lowest BCUT2D eigenvalue weighted by Gasteiger charge is -2.13. The van der Waals surface area contributed by atoms with Gasteiger partial charge in [0.25, 0.3) is 5.91 Å². The van der Waals surface area contributed by atoms with E-state index in [0.717, 1.165) is 13.1 Å². The molecular formula is C11H13BrN2O2. The first-order valence-corrected chi connectivity index (χ1v) is 6.19. The van der Waals surface area contributed by atoms with Gasteiger partial charge >= 0.3 is 0 Å². The summed E-state index contributed by atoms with van der Waals surface area (Å²) in [6.07, 6.45) is 0. The average Bonchev–Trinajstić information content (AvgIpc) is 2.68. The van der Waals surface area contributed by atoms with Gasteiger partial charge in [0, 0.05) is 19.1 Å². The second-order valence-electron chi connectivity index (χ2n) is 4.65. The fourth-order valence-corrected chi connectivity index (χ4v) is 2.92. The fourth-order valence-electron chi connectivity index (χ4n) is 2.61. The Morgan fingerprint density at radius 3 is 2.75 bits per heavy atom. The highest BCUT2D eigenvalue weighted by atomic mass is 79.9. The molecule has 5 heteroatoms. The molecule has 3 rings (SSSR count). The van der Waals surface area contributed by atoms with Crippen molar-refractivity contribution in [3.05, 3.63) is 22.6 Å². The standard InChI is InChI=1S/C11H13BrN2O2/c1-14-4-6-7(5-14)10(6)13-11(15)8-2-3-9(12)16-8/h2-3,6-7,10H,4-5H2,1H3,(H,13,15). The molecule has 1 amide bonds. The summed E-state index contributed by atoms with van der Waals surface area (Å²) in [7, 11) is 2.12. The summed E-state index contributed by atoms with van der Waals surface area (Å²) in [5, 5.41) is 3.03. The van der Waals surface area contributed by atoms with Gasteiger partial charge in [-0.25, -0.2) is 0 Å². The van der Waals surface area contributed by atoms with Crippen LogP contribution >= 0.6 is 15.9 Å². The van der Waals surface area contributed by atoms with Gasteiger partial charge in [-0.05, 0) is 46.9 Å². The van der Waals surface area contributed by atoms with Crippen LogP contribution in [0.2, 0.25) is 0 Å². The molecule has 4 nitrogen and oxygen atoms in total. The number of carbonyl (C=O) groups excluding carboxylic acids is 1. The maximum atomic E-state index is 11.8. The summed E-state index contributed by atoms with van der Waals surface area (Å²) in [6, 6.07) is 3.77. The molecule has 2 aliphatic rings. The first kappa shape index (κ1) is 10.4. The molecule has 16 heavy (non-hydrogen) atoms. The van der Waals surface area contributed by atoms with Crippen molar-refractivity contribution in [2.45, 2.75) is 6.04 Å². The number of carbonyl (C=O) groups is 1. The van der Waals surface area contributed by atoms with E-state index in [4.69, 9.17) is 4.42 Å². The summed E-state index contributed by atoms with van der Waals surface area (Å²) in [4.78, 5) is 14.1. The minimum Gasteiger partial charge on any atom is -0.444 e. The lowest BCUT2D eigenvalue weighted by Crippen LogP contribution is -2.33. The van der Waals surface area contributed by atoms with Gasteiger partial charge in [0.1, 0.15) is 0 Å². The number of nitrogens with one attached hydrogen (secondary N) is 1. The van der Waals surface area contributed by atoms with E-state index in [1.165, 1.54) is 0 Å². The SMILES string of the molecule is CN1CC2C(C1)C2NC(=O)c1ccc(Br)o1. The third-order valence-electron chi connectivity index (χ3n) is 3.47. The lowest BCUT2D eigenvalue weighted by atomic mass is 10.3. The van der Waals surface area contributed by atoms with Gasteiger partial charge in [0.05, 0.1) is 0 Å². The van der Waals surface area contributed by atoms with E-state index in [0.29, 0.717) is 28.3 Å². The van der Waals surface area contributed by atoms with Crippen molar-refractivity contribution in [2.75, 3.05) is 20.1 Å². The van der Waals surface area contributed by atoms with Gasteiger partial charge < -0.3 is 14.6 Å². The van der Waals surface area contributed by atoms with Crippen molar-refractivity contribution >= 4 is 21.8 Å².